The number of methoxy groups -OCH3 is 2. The third-order valence-corrected chi connectivity index (χ3v) is 7.25. The summed E-state index contributed by atoms with van der Waals surface area (Å²) in [4.78, 5) is 56.0. The van der Waals surface area contributed by atoms with Gasteiger partial charge in [0.15, 0.2) is 0 Å². The molecule has 11 heteroatoms. The summed E-state index contributed by atoms with van der Waals surface area (Å²) in [6.07, 6.45) is 0.173. The molecular formula is C28H30N4O6S. The standard InChI is InChI=1S/C28H30N4O6S/c1-37-21-12-10-19(11-13-21)17-22(27(35)38-2)30-25(33)23-18-31(28(36)29-20-7-4-3-5-8-20)14-15-32(23)26(34)24-9-6-16-39-24/h3-13,16,22-23H,14-15,17-18H2,1-2H3,(H,29,36)(H,30,33). The van der Waals surface area contributed by atoms with E-state index in [9.17, 15) is 19.2 Å². The van der Waals surface area contributed by atoms with Crippen LogP contribution in [0, 0.1) is 0 Å². The summed E-state index contributed by atoms with van der Waals surface area (Å²) in [6, 6.07) is 17.1. The Balaban J connectivity index is 1.53. The summed E-state index contributed by atoms with van der Waals surface area (Å²) in [5.74, 6) is -0.819. The molecule has 2 aromatic carbocycles. The molecular weight excluding hydrogens is 520 g/mol. The Labute approximate surface area is 230 Å². The number of nitrogens with one attached hydrogen (secondary N) is 2. The molecule has 0 aliphatic carbocycles. The maximum atomic E-state index is 13.6. The number of benzene rings is 2. The van der Waals surface area contributed by atoms with Gasteiger partial charge in [0.25, 0.3) is 5.91 Å². The molecule has 39 heavy (non-hydrogen) atoms. The molecule has 4 amide bonds. The average molecular weight is 551 g/mol. The molecule has 0 radical (unpaired) electrons. The van der Waals surface area contributed by atoms with Crippen molar-refractivity contribution >= 4 is 40.8 Å². The lowest BCUT2D eigenvalue weighted by molar-refractivity contribution is -0.145. The smallest absolute Gasteiger partial charge is 0.328 e. The lowest BCUT2D eigenvalue weighted by Crippen LogP contribution is -2.63. The number of anilines is 1. The van der Waals surface area contributed by atoms with Crippen LogP contribution in [0.4, 0.5) is 10.5 Å². The van der Waals surface area contributed by atoms with Crippen LogP contribution < -0.4 is 15.4 Å². The number of nitrogens with zero attached hydrogens (tertiary/aromatic N) is 2. The molecule has 1 saturated heterocycles. The third kappa shape index (κ3) is 6.94. The molecule has 1 aliphatic heterocycles. The van der Waals surface area contributed by atoms with Gasteiger partial charge in [0.05, 0.1) is 25.6 Å². The first-order valence-corrected chi connectivity index (χ1v) is 13.2. The van der Waals surface area contributed by atoms with Crippen molar-refractivity contribution in [2.75, 3.05) is 39.2 Å². The lowest BCUT2D eigenvalue weighted by atomic mass is 10.0. The SMILES string of the molecule is COC(=O)C(Cc1ccc(OC)cc1)NC(=O)C1CN(C(=O)Nc2ccccc2)CCN1C(=O)c1cccs1. The minimum atomic E-state index is -1.02. The Morgan fingerprint density at radius 1 is 0.974 bits per heavy atom. The molecule has 2 unspecified atom stereocenters. The molecule has 0 bridgehead atoms. The van der Waals surface area contributed by atoms with Crippen LogP contribution in [0.1, 0.15) is 15.2 Å². The van der Waals surface area contributed by atoms with E-state index in [2.05, 4.69) is 10.6 Å². The van der Waals surface area contributed by atoms with Crippen molar-refractivity contribution in [2.24, 2.45) is 0 Å². The highest BCUT2D eigenvalue weighted by atomic mass is 32.1. The van der Waals surface area contributed by atoms with Crippen molar-refractivity contribution in [3.05, 3.63) is 82.6 Å². The van der Waals surface area contributed by atoms with Crippen molar-refractivity contribution in [1.29, 1.82) is 0 Å². The molecule has 1 aliphatic rings. The first kappa shape index (κ1) is 27.6. The van der Waals surface area contributed by atoms with Gasteiger partial charge >= 0.3 is 12.0 Å². The molecule has 1 aromatic heterocycles. The van der Waals surface area contributed by atoms with Crippen LogP contribution in [0.2, 0.25) is 0 Å². The molecule has 4 rings (SSSR count). The molecule has 2 N–H and O–H groups in total. The summed E-state index contributed by atoms with van der Waals surface area (Å²) in [5, 5.41) is 7.37. The first-order valence-electron chi connectivity index (χ1n) is 12.4. The first-order chi connectivity index (χ1) is 18.9. The summed E-state index contributed by atoms with van der Waals surface area (Å²) < 4.78 is 10.1. The van der Waals surface area contributed by atoms with E-state index in [-0.39, 0.29) is 38.0 Å². The number of carbonyl (C=O) groups is 4. The molecule has 3 aromatic rings. The highest BCUT2D eigenvalue weighted by molar-refractivity contribution is 7.12. The largest absolute Gasteiger partial charge is 0.497 e. The summed E-state index contributed by atoms with van der Waals surface area (Å²) in [7, 11) is 2.81. The number of rotatable bonds is 8. The van der Waals surface area contributed by atoms with Crippen molar-refractivity contribution in [3.8, 4) is 5.75 Å². The molecule has 0 spiro atoms. The number of urea groups is 1. The minimum absolute atomic E-state index is 0.0436. The van der Waals surface area contributed by atoms with Gasteiger partial charge in [-0.05, 0) is 41.3 Å². The summed E-state index contributed by atoms with van der Waals surface area (Å²) in [6.45, 7) is 0.349. The van der Waals surface area contributed by atoms with Gasteiger partial charge in [-0.15, -0.1) is 11.3 Å². The molecule has 204 valence electrons. The maximum Gasteiger partial charge on any atom is 0.328 e. The van der Waals surface area contributed by atoms with Crippen LogP contribution in [-0.4, -0.2) is 79.6 Å². The molecule has 2 atom stereocenters. The second-order valence-corrected chi connectivity index (χ2v) is 9.82. The predicted molar refractivity (Wildman–Crippen MR) is 147 cm³/mol. The highest BCUT2D eigenvalue weighted by Crippen LogP contribution is 2.20. The number of hydrogen-bond acceptors (Lipinski definition) is 7. The van der Waals surface area contributed by atoms with E-state index in [1.165, 1.54) is 28.2 Å². The van der Waals surface area contributed by atoms with E-state index in [1.807, 2.05) is 6.07 Å². The average Bonchev–Trinajstić information content (AvgIpc) is 3.52. The van der Waals surface area contributed by atoms with E-state index in [1.54, 1.807) is 73.2 Å². The van der Waals surface area contributed by atoms with Gasteiger partial charge in [0.2, 0.25) is 5.91 Å². The Morgan fingerprint density at radius 3 is 2.36 bits per heavy atom. The monoisotopic (exact) mass is 550 g/mol. The highest BCUT2D eigenvalue weighted by Gasteiger charge is 2.39. The number of amides is 4. The quantitative estimate of drug-likeness (QED) is 0.417. The number of ether oxygens (including phenoxy) is 2. The molecule has 2 heterocycles. The number of thiophene rings is 1. The van der Waals surface area contributed by atoms with Crippen molar-refractivity contribution in [2.45, 2.75) is 18.5 Å². The zero-order valence-corrected chi connectivity index (χ0v) is 22.5. The van der Waals surface area contributed by atoms with Crippen LogP contribution in [0.15, 0.2) is 72.1 Å². The number of hydrogen-bond donors (Lipinski definition) is 2. The maximum absolute atomic E-state index is 13.6. The third-order valence-electron chi connectivity index (χ3n) is 6.39. The Morgan fingerprint density at radius 2 is 1.72 bits per heavy atom. The Hall–Kier alpha value is -4.38. The predicted octanol–water partition coefficient (Wildman–Crippen LogP) is 3.02. The fourth-order valence-corrected chi connectivity index (χ4v) is 4.98. The van der Waals surface area contributed by atoms with E-state index in [4.69, 9.17) is 9.47 Å². The molecule has 1 fully saturated rings. The van der Waals surface area contributed by atoms with Crippen molar-refractivity contribution in [3.63, 3.8) is 0 Å². The van der Waals surface area contributed by atoms with Crippen molar-refractivity contribution in [1.82, 2.24) is 15.1 Å². The topological polar surface area (TPSA) is 117 Å². The van der Waals surface area contributed by atoms with Crippen LogP contribution >= 0.6 is 11.3 Å². The normalized spacial score (nSPS) is 15.7. The second kappa shape index (κ2) is 12.9. The van der Waals surface area contributed by atoms with Gasteiger partial charge in [0.1, 0.15) is 17.8 Å². The van der Waals surface area contributed by atoms with Crippen LogP contribution in [0.5, 0.6) is 5.75 Å². The van der Waals surface area contributed by atoms with Crippen LogP contribution in [0.25, 0.3) is 0 Å². The van der Waals surface area contributed by atoms with E-state index in [0.717, 1.165) is 5.56 Å². The number of carbonyl (C=O) groups excluding carboxylic acids is 4. The zero-order valence-electron chi connectivity index (χ0n) is 21.7. The lowest BCUT2D eigenvalue weighted by Gasteiger charge is -2.40. The van der Waals surface area contributed by atoms with Crippen LogP contribution in [0.3, 0.4) is 0 Å². The Bertz CT molecular complexity index is 1280. The molecule has 10 nitrogen and oxygen atoms in total. The van der Waals surface area contributed by atoms with E-state index in [0.29, 0.717) is 16.3 Å². The van der Waals surface area contributed by atoms with Gasteiger partial charge in [-0.1, -0.05) is 36.4 Å². The van der Waals surface area contributed by atoms with E-state index < -0.39 is 24.0 Å². The van der Waals surface area contributed by atoms with Gasteiger partial charge in [0, 0.05) is 25.2 Å². The second-order valence-electron chi connectivity index (χ2n) is 8.87. The van der Waals surface area contributed by atoms with Crippen molar-refractivity contribution < 1.29 is 28.7 Å². The van der Waals surface area contributed by atoms with Gasteiger partial charge in [-0.3, -0.25) is 9.59 Å². The summed E-state index contributed by atoms with van der Waals surface area (Å²) in [5.41, 5.74) is 1.40. The van der Waals surface area contributed by atoms with E-state index >= 15 is 0 Å². The summed E-state index contributed by atoms with van der Waals surface area (Å²) >= 11 is 1.27. The number of piperazine rings is 1. The van der Waals surface area contributed by atoms with Gasteiger partial charge in [-0.2, -0.15) is 0 Å². The minimum Gasteiger partial charge on any atom is -0.497 e. The number of para-hydroxylation sites is 1. The number of esters is 1. The van der Waals surface area contributed by atoms with Gasteiger partial charge in [-0.25, -0.2) is 9.59 Å². The zero-order chi connectivity index (χ0) is 27.8. The Kier molecular flexibility index (Phi) is 9.16. The van der Waals surface area contributed by atoms with Crippen LogP contribution in [-0.2, 0) is 20.7 Å². The molecule has 0 saturated carbocycles. The fraction of sp³-hybridized carbons (Fsp3) is 0.286. The fourth-order valence-electron chi connectivity index (χ4n) is 4.30. The van der Waals surface area contributed by atoms with Gasteiger partial charge < -0.3 is 29.9 Å².